The number of carboxylic acids is 1. The Morgan fingerprint density at radius 3 is 2.24 bits per heavy atom. The van der Waals surface area contributed by atoms with Crippen molar-refractivity contribution in [3.8, 4) is 0 Å². The topological polar surface area (TPSA) is 49.3 Å². The second kappa shape index (κ2) is 7.29. The van der Waals surface area contributed by atoms with Crippen LogP contribution in [0.1, 0.15) is 24.9 Å². The van der Waals surface area contributed by atoms with Crippen molar-refractivity contribution in [2.45, 2.75) is 19.4 Å². The third-order valence-electron chi connectivity index (χ3n) is 3.21. The number of rotatable bonds is 6. The molecule has 0 bridgehead atoms. The van der Waals surface area contributed by atoms with E-state index in [1.165, 1.54) is 6.08 Å². The molecule has 0 aliphatic heterocycles. The van der Waals surface area contributed by atoms with Crippen LogP contribution in [0.25, 0.3) is 0 Å². The molecule has 1 unspecified atom stereocenters. The Hall–Kier alpha value is -2.55. The minimum absolute atomic E-state index is 0.0456. The molecule has 0 saturated heterocycles. The van der Waals surface area contributed by atoms with Crippen LogP contribution in [0.4, 0.5) is 5.69 Å². The molecule has 108 valence electrons. The van der Waals surface area contributed by atoms with Crippen LogP contribution in [0.5, 0.6) is 0 Å². The molecular weight excluding hydrogens is 262 g/mol. The highest BCUT2D eigenvalue weighted by Gasteiger charge is 2.12. The molecule has 0 amide bonds. The van der Waals surface area contributed by atoms with E-state index in [0.29, 0.717) is 6.42 Å². The van der Waals surface area contributed by atoms with E-state index in [1.54, 1.807) is 0 Å². The zero-order valence-electron chi connectivity index (χ0n) is 12.0. The van der Waals surface area contributed by atoms with Crippen molar-refractivity contribution in [3.63, 3.8) is 0 Å². The summed E-state index contributed by atoms with van der Waals surface area (Å²) in [5, 5.41) is 12.3. The summed E-state index contributed by atoms with van der Waals surface area (Å²) in [4.78, 5) is 10.8. The first kappa shape index (κ1) is 14.9. The quantitative estimate of drug-likeness (QED) is 0.778. The maximum Gasteiger partial charge on any atom is 0.328 e. The van der Waals surface area contributed by atoms with Gasteiger partial charge in [-0.15, -0.1) is 0 Å². The van der Waals surface area contributed by atoms with E-state index >= 15 is 0 Å². The van der Waals surface area contributed by atoms with Gasteiger partial charge in [-0.2, -0.15) is 0 Å². The van der Waals surface area contributed by atoms with Gasteiger partial charge in [-0.25, -0.2) is 4.79 Å². The van der Waals surface area contributed by atoms with E-state index < -0.39 is 5.97 Å². The van der Waals surface area contributed by atoms with Gasteiger partial charge in [0.05, 0.1) is 6.04 Å². The summed E-state index contributed by atoms with van der Waals surface area (Å²) in [7, 11) is 0. The highest BCUT2D eigenvalue weighted by atomic mass is 16.4. The number of benzene rings is 2. The number of para-hydroxylation sites is 1. The lowest BCUT2D eigenvalue weighted by molar-refractivity contribution is -0.131. The fraction of sp³-hybridized carbons (Fsp3) is 0.167. The van der Waals surface area contributed by atoms with Gasteiger partial charge in [-0.3, -0.25) is 0 Å². The van der Waals surface area contributed by atoms with Gasteiger partial charge in [0.25, 0.3) is 0 Å². The van der Waals surface area contributed by atoms with Crippen LogP contribution < -0.4 is 5.32 Å². The van der Waals surface area contributed by atoms with E-state index in [0.717, 1.165) is 16.8 Å². The van der Waals surface area contributed by atoms with Gasteiger partial charge in [0.2, 0.25) is 0 Å². The van der Waals surface area contributed by atoms with Crippen molar-refractivity contribution in [2.75, 3.05) is 5.32 Å². The zero-order chi connectivity index (χ0) is 15.1. The van der Waals surface area contributed by atoms with E-state index in [4.69, 9.17) is 5.11 Å². The van der Waals surface area contributed by atoms with Crippen molar-refractivity contribution in [1.29, 1.82) is 0 Å². The van der Waals surface area contributed by atoms with Crippen LogP contribution in [0, 0.1) is 0 Å². The van der Waals surface area contributed by atoms with E-state index in [-0.39, 0.29) is 6.04 Å². The van der Waals surface area contributed by atoms with Gasteiger partial charge in [-0.05, 0) is 31.0 Å². The molecule has 0 heterocycles. The first-order valence-electron chi connectivity index (χ1n) is 6.92. The average Bonchev–Trinajstić information content (AvgIpc) is 2.48. The molecule has 1 atom stereocenters. The summed E-state index contributed by atoms with van der Waals surface area (Å²) in [5.74, 6) is -0.904. The van der Waals surface area contributed by atoms with Gasteiger partial charge in [0, 0.05) is 11.8 Å². The molecule has 3 heteroatoms. The first-order valence-corrected chi connectivity index (χ1v) is 6.92. The molecule has 0 saturated carbocycles. The normalized spacial score (nSPS) is 12.7. The summed E-state index contributed by atoms with van der Waals surface area (Å²) < 4.78 is 0. The smallest absolute Gasteiger partial charge is 0.328 e. The second-order valence-corrected chi connectivity index (χ2v) is 5.01. The number of nitrogens with one attached hydrogen (secondary N) is 1. The summed E-state index contributed by atoms with van der Waals surface area (Å²) in [6.45, 7) is 1.84. The van der Waals surface area contributed by atoms with Gasteiger partial charge >= 0.3 is 5.97 Å². The highest BCUT2D eigenvalue weighted by Crippen LogP contribution is 2.25. The van der Waals surface area contributed by atoms with Crippen LogP contribution in [-0.4, -0.2) is 11.1 Å². The van der Waals surface area contributed by atoms with Crippen LogP contribution in [0.3, 0.4) is 0 Å². The van der Waals surface area contributed by atoms with Crippen molar-refractivity contribution in [1.82, 2.24) is 0 Å². The van der Waals surface area contributed by atoms with Gasteiger partial charge in [0.1, 0.15) is 0 Å². The molecule has 0 aliphatic carbocycles. The van der Waals surface area contributed by atoms with Crippen LogP contribution in [0.2, 0.25) is 0 Å². The van der Waals surface area contributed by atoms with Gasteiger partial charge in [-0.1, -0.05) is 54.1 Å². The summed E-state index contributed by atoms with van der Waals surface area (Å²) in [5.41, 5.74) is 2.99. The van der Waals surface area contributed by atoms with E-state index in [1.807, 2.05) is 55.5 Å². The maximum absolute atomic E-state index is 10.8. The van der Waals surface area contributed by atoms with Gasteiger partial charge < -0.3 is 10.4 Å². The largest absolute Gasteiger partial charge is 0.478 e. The number of carbonyl (C=O) groups is 1. The fourth-order valence-corrected chi connectivity index (χ4v) is 2.26. The first-order chi connectivity index (χ1) is 10.1. The lowest BCUT2D eigenvalue weighted by Crippen LogP contribution is -2.11. The Bertz CT molecular complexity index is 606. The average molecular weight is 281 g/mol. The van der Waals surface area contributed by atoms with Crippen molar-refractivity contribution in [2.24, 2.45) is 0 Å². The third-order valence-corrected chi connectivity index (χ3v) is 3.21. The summed E-state index contributed by atoms with van der Waals surface area (Å²) >= 11 is 0. The number of hydrogen-bond donors (Lipinski definition) is 2. The molecule has 21 heavy (non-hydrogen) atoms. The fourth-order valence-electron chi connectivity index (χ4n) is 2.26. The molecule has 0 aliphatic rings. The van der Waals surface area contributed by atoms with Crippen LogP contribution in [-0.2, 0) is 4.79 Å². The molecular formula is C18H19NO2. The Balaban J connectivity index is 2.21. The third kappa shape index (κ3) is 4.80. The molecule has 0 fully saturated rings. The molecule has 2 aromatic carbocycles. The Morgan fingerprint density at radius 1 is 1.10 bits per heavy atom. The minimum Gasteiger partial charge on any atom is -0.478 e. The van der Waals surface area contributed by atoms with Gasteiger partial charge in [0.15, 0.2) is 0 Å². The number of carboxylic acid groups (broad SMARTS) is 1. The highest BCUT2D eigenvalue weighted by molar-refractivity contribution is 5.80. The molecule has 3 nitrogen and oxygen atoms in total. The Kier molecular flexibility index (Phi) is 5.16. The number of aliphatic carboxylic acids is 1. The molecule has 2 N–H and O–H groups in total. The van der Waals surface area contributed by atoms with Crippen LogP contribution in [0.15, 0.2) is 72.3 Å². The second-order valence-electron chi connectivity index (χ2n) is 5.01. The standard InChI is InChI=1S/C18H19NO2/c1-14(13-18(20)21)12-17(15-8-4-2-5-9-15)19-16-10-6-3-7-11-16/h2-11,13,17,19H,12H2,1H3,(H,20,21)/b14-13+. The molecule has 2 aromatic rings. The summed E-state index contributed by atoms with van der Waals surface area (Å²) in [6.07, 6.45) is 1.91. The van der Waals surface area contributed by atoms with E-state index in [2.05, 4.69) is 17.4 Å². The molecule has 0 aromatic heterocycles. The lowest BCUT2D eigenvalue weighted by atomic mass is 9.99. The SMILES string of the molecule is C/C(=C\C(=O)O)CC(Nc1ccccc1)c1ccccc1. The monoisotopic (exact) mass is 281 g/mol. The predicted octanol–water partition coefficient (Wildman–Crippen LogP) is 4.26. The number of hydrogen-bond acceptors (Lipinski definition) is 2. The van der Waals surface area contributed by atoms with Crippen molar-refractivity contribution >= 4 is 11.7 Å². The Labute approximate surface area is 124 Å². The number of anilines is 1. The lowest BCUT2D eigenvalue weighted by Gasteiger charge is -2.21. The maximum atomic E-state index is 10.8. The Morgan fingerprint density at radius 2 is 1.67 bits per heavy atom. The van der Waals surface area contributed by atoms with Crippen LogP contribution >= 0.6 is 0 Å². The molecule has 0 spiro atoms. The van der Waals surface area contributed by atoms with E-state index in [9.17, 15) is 4.79 Å². The minimum atomic E-state index is -0.904. The van der Waals surface area contributed by atoms with Crippen molar-refractivity contribution in [3.05, 3.63) is 77.9 Å². The predicted molar refractivity (Wildman–Crippen MR) is 85.3 cm³/mol. The van der Waals surface area contributed by atoms with Crippen molar-refractivity contribution < 1.29 is 9.90 Å². The molecule has 2 rings (SSSR count). The molecule has 0 radical (unpaired) electrons. The summed E-state index contributed by atoms with van der Waals surface area (Å²) in [6, 6.07) is 20.0. The zero-order valence-corrected chi connectivity index (χ0v) is 12.0.